The third kappa shape index (κ3) is 4.05. The second-order valence-electron chi connectivity index (χ2n) is 7.28. The zero-order chi connectivity index (χ0) is 20.9. The van der Waals surface area contributed by atoms with E-state index in [1.807, 2.05) is 54.6 Å². The van der Waals surface area contributed by atoms with Gasteiger partial charge in [-0.1, -0.05) is 42.5 Å². The van der Waals surface area contributed by atoms with Gasteiger partial charge in [-0.2, -0.15) is 5.10 Å². The van der Waals surface area contributed by atoms with Gasteiger partial charge in [0.05, 0.1) is 30.3 Å². The lowest BCUT2D eigenvalue weighted by Gasteiger charge is -2.31. The molecule has 30 heavy (non-hydrogen) atoms. The van der Waals surface area contributed by atoms with Gasteiger partial charge in [0.25, 0.3) is 5.91 Å². The summed E-state index contributed by atoms with van der Waals surface area (Å²) in [5, 5.41) is 9.96. The lowest BCUT2D eigenvalue weighted by molar-refractivity contribution is -0.121. The number of rotatable bonds is 5. The quantitative estimate of drug-likeness (QED) is 0.681. The molecular weight excluding hydrogens is 380 g/mol. The molecule has 1 fully saturated rings. The number of amides is 2. The van der Waals surface area contributed by atoms with E-state index >= 15 is 0 Å². The standard InChI is InChI=1S/C23H24N4O3/c1-30-20-10-6-5-9-19(20)25-22(28)17-11-13-27(14-12-17)23(29)18-15-24-26-21(18)16-7-3-2-4-8-16/h2-10,15,17H,11-14H2,1H3,(H,24,26)(H,25,28). The van der Waals surface area contributed by atoms with Crippen molar-refractivity contribution in [1.29, 1.82) is 0 Å². The molecule has 1 aromatic heterocycles. The van der Waals surface area contributed by atoms with Gasteiger partial charge in [-0.15, -0.1) is 0 Å². The Bertz CT molecular complexity index is 1020. The zero-order valence-corrected chi connectivity index (χ0v) is 16.8. The molecule has 4 rings (SSSR count). The summed E-state index contributed by atoms with van der Waals surface area (Å²) in [5.74, 6) is 0.384. The molecule has 1 aliphatic heterocycles. The van der Waals surface area contributed by atoms with Crippen LogP contribution in [0.2, 0.25) is 0 Å². The lowest BCUT2D eigenvalue weighted by atomic mass is 9.95. The van der Waals surface area contributed by atoms with E-state index in [-0.39, 0.29) is 17.7 Å². The summed E-state index contributed by atoms with van der Waals surface area (Å²) < 4.78 is 5.29. The molecule has 1 aliphatic rings. The van der Waals surface area contributed by atoms with Gasteiger partial charge in [-0.05, 0) is 25.0 Å². The average Bonchev–Trinajstić information content (AvgIpc) is 3.29. The van der Waals surface area contributed by atoms with E-state index in [1.54, 1.807) is 18.2 Å². The van der Waals surface area contributed by atoms with Crippen LogP contribution < -0.4 is 10.1 Å². The Hall–Kier alpha value is -3.61. The third-order valence-corrected chi connectivity index (χ3v) is 5.45. The first-order valence-corrected chi connectivity index (χ1v) is 9.99. The van der Waals surface area contributed by atoms with Crippen LogP contribution in [0.1, 0.15) is 23.2 Å². The van der Waals surface area contributed by atoms with E-state index in [0.717, 1.165) is 11.3 Å². The SMILES string of the molecule is COc1ccccc1NC(=O)C1CCN(C(=O)c2cn[nH]c2-c2ccccc2)CC1. The smallest absolute Gasteiger partial charge is 0.257 e. The summed E-state index contributed by atoms with van der Waals surface area (Å²) in [7, 11) is 1.58. The number of anilines is 1. The van der Waals surface area contributed by atoms with Gasteiger partial charge in [0.15, 0.2) is 0 Å². The number of hydrogen-bond acceptors (Lipinski definition) is 4. The first kappa shape index (κ1) is 19.7. The second kappa shape index (κ2) is 8.82. The number of likely N-dealkylation sites (tertiary alicyclic amines) is 1. The Morgan fingerprint density at radius 1 is 1.07 bits per heavy atom. The highest BCUT2D eigenvalue weighted by Crippen LogP contribution is 2.27. The van der Waals surface area contributed by atoms with Crippen LogP contribution in [0.5, 0.6) is 5.75 Å². The number of nitrogens with zero attached hydrogens (tertiary/aromatic N) is 2. The minimum atomic E-state index is -0.142. The fourth-order valence-electron chi connectivity index (χ4n) is 3.77. The van der Waals surface area contributed by atoms with E-state index < -0.39 is 0 Å². The average molecular weight is 404 g/mol. The lowest BCUT2D eigenvalue weighted by Crippen LogP contribution is -2.41. The number of aromatic amines is 1. The van der Waals surface area contributed by atoms with E-state index in [4.69, 9.17) is 4.74 Å². The molecule has 0 spiro atoms. The van der Waals surface area contributed by atoms with Gasteiger partial charge in [-0.25, -0.2) is 0 Å². The molecule has 2 amide bonds. The van der Waals surface area contributed by atoms with Crippen molar-refractivity contribution in [3.8, 4) is 17.0 Å². The summed E-state index contributed by atoms with van der Waals surface area (Å²) in [6, 6.07) is 17.0. The predicted molar refractivity (Wildman–Crippen MR) is 114 cm³/mol. The number of methoxy groups -OCH3 is 1. The normalized spacial score (nSPS) is 14.4. The number of piperidine rings is 1. The second-order valence-corrected chi connectivity index (χ2v) is 7.28. The summed E-state index contributed by atoms with van der Waals surface area (Å²) in [6.07, 6.45) is 2.81. The molecule has 0 radical (unpaired) electrons. The number of carbonyl (C=O) groups excluding carboxylic acids is 2. The number of benzene rings is 2. The number of ether oxygens (including phenoxy) is 1. The minimum Gasteiger partial charge on any atom is -0.495 e. The van der Waals surface area contributed by atoms with E-state index in [1.165, 1.54) is 0 Å². The van der Waals surface area contributed by atoms with Gasteiger partial charge < -0.3 is 15.0 Å². The van der Waals surface area contributed by atoms with E-state index in [0.29, 0.717) is 42.9 Å². The van der Waals surface area contributed by atoms with E-state index in [9.17, 15) is 9.59 Å². The van der Waals surface area contributed by atoms with Crippen LogP contribution in [-0.2, 0) is 4.79 Å². The zero-order valence-electron chi connectivity index (χ0n) is 16.8. The van der Waals surface area contributed by atoms with Crippen LogP contribution in [0.15, 0.2) is 60.8 Å². The van der Waals surface area contributed by atoms with Crippen LogP contribution in [0.4, 0.5) is 5.69 Å². The van der Waals surface area contributed by atoms with Crippen molar-refractivity contribution in [2.75, 3.05) is 25.5 Å². The molecular formula is C23H24N4O3. The van der Waals surface area contributed by atoms with Crippen LogP contribution >= 0.6 is 0 Å². The van der Waals surface area contributed by atoms with Gasteiger partial charge in [0.1, 0.15) is 5.75 Å². The Labute approximate surface area is 175 Å². The maximum atomic E-state index is 13.1. The number of carbonyl (C=O) groups is 2. The van der Waals surface area contributed by atoms with Crippen molar-refractivity contribution in [1.82, 2.24) is 15.1 Å². The molecule has 0 bridgehead atoms. The number of para-hydroxylation sites is 2. The summed E-state index contributed by atoms with van der Waals surface area (Å²) in [4.78, 5) is 27.5. The fraction of sp³-hybridized carbons (Fsp3) is 0.261. The first-order valence-electron chi connectivity index (χ1n) is 9.99. The van der Waals surface area contributed by atoms with Crippen LogP contribution in [-0.4, -0.2) is 47.1 Å². The Morgan fingerprint density at radius 2 is 1.77 bits per heavy atom. The molecule has 3 aromatic rings. The van der Waals surface area contributed by atoms with Crippen molar-refractivity contribution in [3.05, 3.63) is 66.4 Å². The van der Waals surface area contributed by atoms with Crippen LogP contribution in [0, 0.1) is 5.92 Å². The summed E-state index contributed by atoms with van der Waals surface area (Å²) in [6.45, 7) is 1.06. The number of nitrogens with one attached hydrogen (secondary N) is 2. The molecule has 2 aromatic carbocycles. The molecule has 7 nitrogen and oxygen atoms in total. The molecule has 154 valence electrons. The van der Waals surface area contributed by atoms with Gasteiger partial charge in [0, 0.05) is 24.6 Å². The summed E-state index contributed by atoms with van der Waals surface area (Å²) in [5.41, 5.74) is 2.86. The van der Waals surface area contributed by atoms with Crippen molar-refractivity contribution in [2.45, 2.75) is 12.8 Å². The highest BCUT2D eigenvalue weighted by molar-refractivity contribution is 6.00. The Balaban J connectivity index is 1.39. The van der Waals surface area contributed by atoms with Crippen LogP contribution in [0.25, 0.3) is 11.3 Å². The molecule has 1 saturated heterocycles. The van der Waals surface area contributed by atoms with Crippen molar-refractivity contribution in [3.63, 3.8) is 0 Å². The van der Waals surface area contributed by atoms with Gasteiger partial charge in [0.2, 0.25) is 5.91 Å². The summed E-state index contributed by atoms with van der Waals surface area (Å²) >= 11 is 0. The number of aromatic nitrogens is 2. The Kier molecular flexibility index (Phi) is 5.79. The first-order chi connectivity index (χ1) is 14.7. The highest BCUT2D eigenvalue weighted by Gasteiger charge is 2.29. The van der Waals surface area contributed by atoms with Crippen molar-refractivity contribution >= 4 is 17.5 Å². The van der Waals surface area contributed by atoms with Crippen LogP contribution in [0.3, 0.4) is 0 Å². The molecule has 0 atom stereocenters. The molecule has 0 aliphatic carbocycles. The topological polar surface area (TPSA) is 87.3 Å². The van der Waals surface area contributed by atoms with E-state index in [2.05, 4.69) is 15.5 Å². The van der Waals surface area contributed by atoms with Gasteiger partial charge in [-0.3, -0.25) is 14.7 Å². The maximum Gasteiger partial charge on any atom is 0.257 e. The fourth-order valence-corrected chi connectivity index (χ4v) is 3.77. The molecule has 0 unspecified atom stereocenters. The molecule has 7 heteroatoms. The number of hydrogen-bond donors (Lipinski definition) is 2. The molecule has 2 heterocycles. The Morgan fingerprint density at radius 3 is 2.50 bits per heavy atom. The monoisotopic (exact) mass is 404 g/mol. The van der Waals surface area contributed by atoms with Gasteiger partial charge >= 0.3 is 0 Å². The molecule has 2 N–H and O–H groups in total. The van der Waals surface area contributed by atoms with Crippen molar-refractivity contribution < 1.29 is 14.3 Å². The predicted octanol–water partition coefficient (Wildman–Crippen LogP) is 3.58. The minimum absolute atomic E-state index is 0.0418. The maximum absolute atomic E-state index is 13.1. The third-order valence-electron chi connectivity index (χ3n) is 5.45. The number of H-pyrrole nitrogens is 1. The largest absolute Gasteiger partial charge is 0.495 e. The highest BCUT2D eigenvalue weighted by atomic mass is 16.5. The molecule has 0 saturated carbocycles. The van der Waals surface area contributed by atoms with Crippen molar-refractivity contribution in [2.24, 2.45) is 5.92 Å².